The van der Waals surface area contributed by atoms with Crippen molar-refractivity contribution in [3.63, 3.8) is 0 Å². The number of nitrogens with zero attached hydrogens (tertiary/aromatic N) is 2. The lowest BCUT2D eigenvalue weighted by atomic mass is 10.0. The van der Waals surface area contributed by atoms with Gasteiger partial charge in [-0.2, -0.15) is 0 Å². The smallest absolute Gasteiger partial charge is 0.228 e. The van der Waals surface area contributed by atoms with Gasteiger partial charge in [0.25, 0.3) is 0 Å². The number of methoxy groups -OCH3 is 1. The van der Waals surface area contributed by atoms with E-state index in [9.17, 15) is 9.59 Å². The Morgan fingerprint density at radius 3 is 2.48 bits per heavy atom. The number of hydrogen-bond acceptors (Lipinski definition) is 4. The summed E-state index contributed by atoms with van der Waals surface area (Å²) >= 11 is 1.67. The van der Waals surface area contributed by atoms with Crippen molar-refractivity contribution in [2.24, 2.45) is 5.92 Å². The zero-order chi connectivity index (χ0) is 20.4. The zero-order valence-electron chi connectivity index (χ0n) is 16.8. The molecule has 2 fully saturated rings. The van der Waals surface area contributed by atoms with E-state index in [4.69, 9.17) is 4.74 Å². The minimum absolute atomic E-state index is 0.0282. The molecule has 29 heavy (non-hydrogen) atoms. The molecule has 0 N–H and O–H groups in total. The van der Waals surface area contributed by atoms with Crippen molar-refractivity contribution < 1.29 is 14.3 Å². The summed E-state index contributed by atoms with van der Waals surface area (Å²) in [6, 6.07) is 16.0. The van der Waals surface area contributed by atoms with Crippen LogP contribution in [0, 0.1) is 5.92 Å². The molecule has 2 aromatic carbocycles. The molecule has 0 radical (unpaired) electrons. The highest BCUT2D eigenvalue weighted by Crippen LogP contribution is 2.36. The third-order valence-corrected chi connectivity index (χ3v) is 6.64. The molecule has 0 saturated carbocycles. The van der Waals surface area contributed by atoms with Gasteiger partial charge in [0.15, 0.2) is 0 Å². The van der Waals surface area contributed by atoms with E-state index in [-0.39, 0.29) is 30.2 Å². The van der Waals surface area contributed by atoms with Crippen molar-refractivity contribution in [1.82, 2.24) is 4.90 Å². The first-order valence-corrected chi connectivity index (χ1v) is 11.2. The molecule has 2 aromatic rings. The summed E-state index contributed by atoms with van der Waals surface area (Å²) < 4.78 is 5.24. The summed E-state index contributed by atoms with van der Waals surface area (Å²) in [7, 11) is 1.65. The van der Waals surface area contributed by atoms with Crippen molar-refractivity contribution in [1.29, 1.82) is 0 Å². The highest BCUT2D eigenvalue weighted by Gasteiger charge is 2.40. The maximum Gasteiger partial charge on any atom is 0.228 e. The van der Waals surface area contributed by atoms with Gasteiger partial charge in [-0.05, 0) is 61.1 Å². The summed E-state index contributed by atoms with van der Waals surface area (Å²) in [6.07, 6.45) is 4.26. The molecule has 2 aliphatic rings. The summed E-state index contributed by atoms with van der Waals surface area (Å²) in [5.41, 5.74) is 2.00. The van der Waals surface area contributed by atoms with Crippen LogP contribution >= 0.6 is 11.8 Å². The molecule has 2 aliphatic heterocycles. The minimum atomic E-state index is -0.276. The van der Waals surface area contributed by atoms with Gasteiger partial charge in [-0.25, -0.2) is 0 Å². The number of likely N-dealkylation sites (tertiary alicyclic amines) is 1. The Kier molecular flexibility index (Phi) is 5.81. The lowest BCUT2D eigenvalue weighted by molar-refractivity contribution is -0.136. The van der Waals surface area contributed by atoms with Crippen LogP contribution in [0.5, 0.6) is 5.75 Å². The van der Waals surface area contributed by atoms with Crippen LogP contribution in [0.2, 0.25) is 0 Å². The summed E-state index contributed by atoms with van der Waals surface area (Å²) in [6.45, 7) is 1.21. The molecule has 0 bridgehead atoms. The van der Waals surface area contributed by atoms with Gasteiger partial charge in [-0.3, -0.25) is 9.59 Å². The number of hydrogen-bond donors (Lipinski definition) is 0. The number of ether oxygens (including phenoxy) is 1. The van der Waals surface area contributed by atoms with Gasteiger partial charge in [0.2, 0.25) is 11.8 Å². The molecule has 2 saturated heterocycles. The second-order valence-corrected chi connectivity index (χ2v) is 8.45. The first kappa shape index (κ1) is 19.8. The van der Waals surface area contributed by atoms with Gasteiger partial charge < -0.3 is 14.5 Å². The molecule has 0 unspecified atom stereocenters. The number of amides is 2. The maximum atomic E-state index is 13.3. The van der Waals surface area contributed by atoms with E-state index in [1.807, 2.05) is 59.7 Å². The van der Waals surface area contributed by atoms with Crippen LogP contribution < -0.4 is 9.64 Å². The van der Waals surface area contributed by atoms with E-state index >= 15 is 0 Å². The molecule has 4 rings (SSSR count). The largest absolute Gasteiger partial charge is 0.497 e. The van der Waals surface area contributed by atoms with E-state index in [0.717, 1.165) is 41.3 Å². The van der Waals surface area contributed by atoms with Crippen molar-refractivity contribution in [3.05, 3.63) is 54.1 Å². The predicted octanol–water partition coefficient (Wildman–Crippen LogP) is 4.13. The highest BCUT2D eigenvalue weighted by molar-refractivity contribution is 7.98. The van der Waals surface area contributed by atoms with Crippen LogP contribution in [0.4, 0.5) is 5.69 Å². The van der Waals surface area contributed by atoms with Gasteiger partial charge in [0.1, 0.15) is 5.75 Å². The second kappa shape index (κ2) is 8.49. The average molecular weight is 411 g/mol. The Morgan fingerprint density at radius 2 is 1.83 bits per heavy atom. The number of benzene rings is 2. The first-order chi connectivity index (χ1) is 14.1. The van der Waals surface area contributed by atoms with Gasteiger partial charge in [-0.1, -0.05) is 12.1 Å². The van der Waals surface area contributed by atoms with Crippen LogP contribution in [0.25, 0.3) is 0 Å². The predicted molar refractivity (Wildman–Crippen MR) is 115 cm³/mol. The van der Waals surface area contributed by atoms with Crippen LogP contribution in [-0.4, -0.2) is 43.2 Å². The van der Waals surface area contributed by atoms with Crippen LogP contribution in [0.15, 0.2) is 53.4 Å². The Hall–Kier alpha value is -2.47. The molecule has 0 aliphatic carbocycles. The minimum Gasteiger partial charge on any atom is -0.497 e. The number of anilines is 1. The Bertz CT molecular complexity index is 882. The fraction of sp³-hybridized carbons (Fsp3) is 0.391. The lowest BCUT2D eigenvalue weighted by Gasteiger charge is -2.28. The standard InChI is InChI=1S/C23H26N2O3S/c1-28-19-9-5-16(6-10-19)21-4-3-13-24(21)23(27)17-14-22(26)25(15-17)18-7-11-20(29-2)12-8-18/h5-12,17,21H,3-4,13-15H2,1-2H3/t17-,21+/m1/s1. The fourth-order valence-corrected chi connectivity index (χ4v) is 4.73. The lowest BCUT2D eigenvalue weighted by Crippen LogP contribution is -2.37. The fourth-order valence-electron chi connectivity index (χ4n) is 4.32. The molecule has 152 valence electrons. The SMILES string of the molecule is COc1ccc([C@@H]2CCCN2C(=O)[C@@H]2CC(=O)N(c3ccc(SC)cc3)C2)cc1. The molecule has 2 atom stereocenters. The normalized spacial score (nSPS) is 21.7. The Labute approximate surface area is 176 Å². The van der Waals surface area contributed by atoms with Gasteiger partial charge in [-0.15, -0.1) is 11.8 Å². The maximum absolute atomic E-state index is 13.3. The van der Waals surface area contributed by atoms with Crippen molar-refractivity contribution >= 4 is 29.3 Å². The summed E-state index contributed by atoms with van der Waals surface area (Å²) in [5.74, 6) is 0.663. The molecule has 2 amide bonds. The van der Waals surface area contributed by atoms with E-state index in [2.05, 4.69) is 0 Å². The highest BCUT2D eigenvalue weighted by atomic mass is 32.2. The van der Waals surface area contributed by atoms with Crippen molar-refractivity contribution in [3.8, 4) is 5.75 Å². The van der Waals surface area contributed by atoms with E-state index in [1.54, 1.807) is 23.8 Å². The number of thioether (sulfide) groups is 1. The van der Waals surface area contributed by atoms with Gasteiger partial charge in [0.05, 0.1) is 19.1 Å². The van der Waals surface area contributed by atoms with Gasteiger partial charge in [0, 0.05) is 30.1 Å². The monoisotopic (exact) mass is 410 g/mol. The summed E-state index contributed by atoms with van der Waals surface area (Å²) in [5, 5.41) is 0. The molecule has 2 heterocycles. The molecule has 6 heteroatoms. The van der Waals surface area contributed by atoms with Gasteiger partial charge >= 0.3 is 0 Å². The third-order valence-electron chi connectivity index (χ3n) is 5.89. The topological polar surface area (TPSA) is 49.9 Å². The van der Waals surface area contributed by atoms with E-state index < -0.39 is 0 Å². The van der Waals surface area contributed by atoms with Crippen LogP contribution in [0.1, 0.15) is 30.9 Å². The van der Waals surface area contributed by atoms with Crippen molar-refractivity contribution in [2.75, 3.05) is 31.4 Å². The number of carbonyl (C=O) groups is 2. The van der Waals surface area contributed by atoms with Crippen LogP contribution in [-0.2, 0) is 9.59 Å². The number of rotatable bonds is 5. The molecule has 0 aromatic heterocycles. The van der Waals surface area contributed by atoms with E-state index in [1.165, 1.54) is 0 Å². The second-order valence-electron chi connectivity index (χ2n) is 7.57. The Balaban J connectivity index is 1.47. The zero-order valence-corrected chi connectivity index (χ0v) is 17.7. The molecule has 5 nitrogen and oxygen atoms in total. The molecule has 0 spiro atoms. The van der Waals surface area contributed by atoms with Crippen LogP contribution in [0.3, 0.4) is 0 Å². The summed E-state index contributed by atoms with van der Waals surface area (Å²) in [4.78, 5) is 30.8. The quantitative estimate of drug-likeness (QED) is 0.696. The third kappa shape index (κ3) is 3.99. The molecular formula is C23H26N2O3S. The van der Waals surface area contributed by atoms with Crippen molar-refractivity contribution in [2.45, 2.75) is 30.2 Å². The average Bonchev–Trinajstić information content (AvgIpc) is 3.40. The van der Waals surface area contributed by atoms with E-state index in [0.29, 0.717) is 6.54 Å². The first-order valence-electron chi connectivity index (χ1n) is 9.99. The Morgan fingerprint density at radius 1 is 1.10 bits per heavy atom. The number of carbonyl (C=O) groups excluding carboxylic acids is 2. The molecular weight excluding hydrogens is 384 g/mol.